The fourth-order valence-corrected chi connectivity index (χ4v) is 3.32. The van der Waals surface area contributed by atoms with E-state index < -0.39 is 10.0 Å². The van der Waals surface area contributed by atoms with Gasteiger partial charge >= 0.3 is 0 Å². The van der Waals surface area contributed by atoms with Crippen LogP contribution < -0.4 is 5.32 Å². The van der Waals surface area contributed by atoms with Gasteiger partial charge in [-0.1, -0.05) is 53.6 Å². The molecule has 2 aromatic carbocycles. The number of hydrogen-bond acceptors (Lipinski definition) is 3. The predicted molar refractivity (Wildman–Crippen MR) is 100 cm³/mol. The van der Waals surface area contributed by atoms with Crippen LogP contribution in [0.4, 0.5) is 0 Å². The largest absolute Gasteiger partial charge is 0.351 e. The van der Waals surface area contributed by atoms with Gasteiger partial charge in [0.1, 0.15) is 0 Å². The zero-order chi connectivity index (χ0) is 18.4. The Labute approximate surface area is 153 Å². The molecule has 0 bridgehead atoms. The summed E-state index contributed by atoms with van der Waals surface area (Å²) in [5.41, 5.74) is 2.38. The molecule has 0 atom stereocenters. The minimum Gasteiger partial charge on any atom is -0.351 e. The van der Waals surface area contributed by atoms with Crippen LogP contribution in [0.15, 0.2) is 48.5 Å². The Kier molecular flexibility index (Phi) is 6.58. The Morgan fingerprint density at radius 1 is 1.12 bits per heavy atom. The normalized spacial score (nSPS) is 11.5. The molecular weight excluding hydrogens is 360 g/mol. The zero-order valence-electron chi connectivity index (χ0n) is 14.2. The highest BCUT2D eigenvalue weighted by Gasteiger charge is 2.17. The fourth-order valence-electron chi connectivity index (χ4n) is 2.29. The van der Waals surface area contributed by atoms with Crippen molar-refractivity contribution in [1.82, 2.24) is 9.62 Å². The van der Waals surface area contributed by atoms with Gasteiger partial charge in [0.2, 0.25) is 10.0 Å². The summed E-state index contributed by atoms with van der Waals surface area (Å²) >= 11 is 5.99. The molecule has 0 aliphatic carbocycles. The van der Waals surface area contributed by atoms with Crippen LogP contribution in [0.1, 0.15) is 21.5 Å². The third kappa shape index (κ3) is 5.85. The van der Waals surface area contributed by atoms with Crippen LogP contribution in [-0.2, 0) is 16.6 Å². The zero-order valence-corrected chi connectivity index (χ0v) is 15.8. The first-order chi connectivity index (χ1) is 11.8. The third-order valence-electron chi connectivity index (χ3n) is 3.71. The van der Waals surface area contributed by atoms with Gasteiger partial charge in [-0.05, 0) is 24.6 Å². The molecule has 0 aliphatic heterocycles. The molecular formula is C18H21ClN2O3S. The van der Waals surface area contributed by atoms with Crippen molar-refractivity contribution in [3.63, 3.8) is 0 Å². The van der Waals surface area contributed by atoms with E-state index in [9.17, 15) is 13.2 Å². The Morgan fingerprint density at radius 2 is 1.76 bits per heavy atom. The lowest BCUT2D eigenvalue weighted by Crippen LogP contribution is -2.37. The number of amides is 1. The van der Waals surface area contributed by atoms with Crippen molar-refractivity contribution in [2.24, 2.45) is 0 Å². The van der Waals surface area contributed by atoms with E-state index in [1.807, 2.05) is 31.2 Å². The maximum atomic E-state index is 12.1. The van der Waals surface area contributed by atoms with E-state index in [-0.39, 0.29) is 25.5 Å². The van der Waals surface area contributed by atoms with Crippen LogP contribution in [0.2, 0.25) is 5.02 Å². The van der Waals surface area contributed by atoms with Gasteiger partial charge in [-0.3, -0.25) is 4.79 Å². The molecule has 25 heavy (non-hydrogen) atoms. The average Bonchev–Trinajstić information content (AvgIpc) is 2.55. The Bertz CT molecular complexity index is 836. The van der Waals surface area contributed by atoms with Gasteiger partial charge in [0, 0.05) is 19.6 Å². The number of carbonyl (C=O) groups excluding carboxylic acids is 1. The van der Waals surface area contributed by atoms with Crippen molar-refractivity contribution in [2.45, 2.75) is 13.5 Å². The monoisotopic (exact) mass is 380 g/mol. The summed E-state index contributed by atoms with van der Waals surface area (Å²) < 4.78 is 25.3. The Hall–Kier alpha value is -1.89. The number of carbonyl (C=O) groups is 1. The molecule has 0 fully saturated rings. The first-order valence-electron chi connectivity index (χ1n) is 7.81. The van der Waals surface area contributed by atoms with Gasteiger partial charge in [0.25, 0.3) is 5.91 Å². The molecule has 2 rings (SSSR count). The molecule has 134 valence electrons. The molecule has 0 saturated heterocycles. The van der Waals surface area contributed by atoms with E-state index in [1.165, 1.54) is 4.31 Å². The summed E-state index contributed by atoms with van der Waals surface area (Å²) in [6.07, 6.45) is 1.16. The van der Waals surface area contributed by atoms with Crippen molar-refractivity contribution >= 4 is 27.5 Å². The molecule has 0 unspecified atom stereocenters. The second kappa shape index (κ2) is 8.47. The van der Waals surface area contributed by atoms with Gasteiger partial charge < -0.3 is 5.32 Å². The van der Waals surface area contributed by atoms with Crippen LogP contribution in [0.25, 0.3) is 0 Å². The second-order valence-electron chi connectivity index (χ2n) is 5.82. The minimum absolute atomic E-state index is 0.183. The number of sulfonamides is 1. The van der Waals surface area contributed by atoms with Gasteiger partial charge in [-0.2, -0.15) is 4.31 Å². The number of rotatable bonds is 7. The SMILES string of the molecule is Cc1ccc(CN(CCNC(=O)c2ccccc2Cl)S(C)(=O)=O)cc1. The highest BCUT2D eigenvalue weighted by Crippen LogP contribution is 2.14. The Morgan fingerprint density at radius 3 is 2.36 bits per heavy atom. The summed E-state index contributed by atoms with van der Waals surface area (Å²) in [7, 11) is -3.39. The second-order valence-corrected chi connectivity index (χ2v) is 8.21. The molecule has 1 amide bonds. The molecule has 0 aromatic heterocycles. The highest BCUT2D eigenvalue weighted by molar-refractivity contribution is 7.88. The molecule has 5 nitrogen and oxygen atoms in total. The van der Waals surface area contributed by atoms with Gasteiger partial charge in [0.15, 0.2) is 0 Å². The summed E-state index contributed by atoms with van der Waals surface area (Å²) in [5.74, 6) is -0.325. The summed E-state index contributed by atoms with van der Waals surface area (Å²) in [4.78, 5) is 12.1. The summed E-state index contributed by atoms with van der Waals surface area (Å²) in [5, 5.41) is 3.07. The highest BCUT2D eigenvalue weighted by atomic mass is 35.5. The predicted octanol–water partition coefficient (Wildman–Crippen LogP) is 2.84. The summed E-state index contributed by atoms with van der Waals surface area (Å²) in [6, 6.07) is 14.4. The van der Waals surface area contributed by atoms with E-state index in [0.29, 0.717) is 10.6 Å². The van der Waals surface area contributed by atoms with Crippen LogP contribution in [0.3, 0.4) is 0 Å². The van der Waals surface area contributed by atoms with Crippen molar-refractivity contribution < 1.29 is 13.2 Å². The number of hydrogen-bond donors (Lipinski definition) is 1. The fraction of sp³-hybridized carbons (Fsp3) is 0.278. The number of nitrogens with one attached hydrogen (secondary N) is 1. The number of benzene rings is 2. The molecule has 0 radical (unpaired) electrons. The van der Waals surface area contributed by atoms with Crippen molar-refractivity contribution in [2.75, 3.05) is 19.3 Å². The molecule has 7 heteroatoms. The van der Waals surface area contributed by atoms with E-state index in [1.54, 1.807) is 24.3 Å². The van der Waals surface area contributed by atoms with Crippen LogP contribution in [-0.4, -0.2) is 38.0 Å². The van der Waals surface area contributed by atoms with Crippen LogP contribution in [0, 0.1) is 6.92 Å². The van der Waals surface area contributed by atoms with E-state index in [4.69, 9.17) is 11.6 Å². The molecule has 0 heterocycles. The molecule has 2 aromatic rings. The molecule has 0 aliphatic rings. The van der Waals surface area contributed by atoms with E-state index in [0.717, 1.165) is 17.4 Å². The van der Waals surface area contributed by atoms with Gasteiger partial charge in [-0.25, -0.2) is 8.42 Å². The molecule has 1 N–H and O–H groups in total. The lowest BCUT2D eigenvalue weighted by atomic mass is 10.1. The van der Waals surface area contributed by atoms with Crippen LogP contribution in [0.5, 0.6) is 0 Å². The smallest absolute Gasteiger partial charge is 0.252 e. The van der Waals surface area contributed by atoms with Crippen molar-refractivity contribution in [1.29, 1.82) is 0 Å². The van der Waals surface area contributed by atoms with E-state index in [2.05, 4.69) is 5.32 Å². The number of nitrogens with zero attached hydrogens (tertiary/aromatic N) is 1. The topological polar surface area (TPSA) is 66.5 Å². The maximum Gasteiger partial charge on any atom is 0.252 e. The van der Waals surface area contributed by atoms with Crippen LogP contribution >= 0.6 is 11.6 Å². The lowest BCUT2D eigenvalue weighted by Gasteiger charge is -2.20. The maximum absolute atomic E-state index is 12.1. The third-order valence-corrected chi connectivity index (χ3v) is 5.29. The van der Waals surface area contributed by atoms with Crippen molar-refractivity contribution in [3.8, 4) is 0 Å². The quantitative estimate of drug-likeness (QED) is 0.803. The summed E-state index contributed by atoms with van der Waals surface area (Å²) in [6.45, 7) is 2.62. The number of aryl methyl sites for hydroxylation is 1. The van der Waals surface area contributed by atoms with Gasteiger partial charge in [-0.15, -0.1) is 0 Å². The molecule has 0 saturated carbocycles. The van der Waals surface area contributed by atoms with E-state index >= 15 is 0 Å². The molecule has 0 spiro atoms. The Balaban J connectivity index is 1.98. The van der Waals surface area contributed by atoms with Gasteiger partial charge in [0.05, 0.1) is 16.8 Å². The lowest BCUT2D eigenvalue weighted by molar-refractivity contribution is 0.0951. The standard InChI is InChI=1S/C18H21ClN2O3S/c1-14-7-9-15(10-8-14)13-21(25(2,23)24)12-11-20-18(22)16-5-3-4-6-17(16)19/h3-10H,11-13H2,1-2H3,(H,20,22). The number of halogens is 1. The average molecular weight is 381 g/mol. The minimum atomic E-state index is -3.39. The first kappa shape index (κ1) is 19.4. The van der Waals surface area contributed by atoms with Crippen molar-refractivity contribution in [3.05, 3.63) is 70.2 Å². The first-order valence-corrected chi connectivity index (χ1v) is 10.0.